The van der Waals surface area contributed by atoms with Crippen molar-refractivity contribution in [3.8, 4) is 5.69 Å². The normalized spacial score (nSPS) is 22.4. The van der Waals surface area contributed by atoms with E-state index in [1.165, 1.54) is 42.3 Å². The molecule has 1 aromatic carbocycles. The van der Waals surface area contributed by atoms with Gasteiger partial charge in [-0.3, -0.25) is 19.5 Å². The molecule has 0 bridgehead atoms. The molecule has 5 heterocycles. The summed E-state index contributed by atoms with van der Waals surface area (Å²) in [6, 6.07) is 5.10. The van der Waals surface area contributed by atoms with Crippen LogP contribution >= 0.6 is 0 Å². The highest BCUT2D eigenvalue weighted by molar-refractivity contribution is 5.99. The molecule has 0 spiro atoms. The highest BCUT2D eigenvalue weighted by Crippen LogP contribution is 2.35. The van der Waals surface area contributed by atoms with Crippen molar-refractivity contribution in [1.29, 1.82) is 0 Å². The molecule has 0 aliphatic carbocycles. The van der Waals surface area contributed by atoms with Crippen molar-refractivity contribution >= 4 is 22.7 Å². The summed E-state index contributed by atoms with van der Waals surface area (Å²) in [6.07, 6.45) is 10.5. The summed E-state index contributed by atoms with van der Waals surface area (Å²) in [5.41, 5.74) is 4.38. The number of nitrogens with zero attached hydrogens (tertiary/aromatic N) is 6. The van der Waals surface area contributed by atoms with Gasteiger partial charge in [0.05, 0.1) is 23.0 Å². The Labute approximate surface area is 286 Å². The molecule has 260 valence electrons. The van der Waals surface area contributed by atoms with Gasteiger partial charge in [0.15, 0.2) is 0 Å². The molecule has 9 heteroatoms. The first-order valence-electron chi connectivity index (χ1n) is 18.1. The maximum absolute atomic E-state index is 14.5. The van der Waals surface area contributed by atoms with Crippen molar-refractivity contribution in [3.63, 3.8) is 0 Å². The highest BCUT2D eigenvalue weighted by Gasteiger charge is 2.40. The second-order valence-electron chi connectivity index (χ2n) is 15.6. The maximum Gasteiger partial charge on any atom is 0.256 e. The van der Waals surface area contributed by atoms with Gasteiger partial charge < -0.3 is 19.3 Å². The van der Waals surface area contributed by atoms with Crippen LogP contribution in [0.2, 0.25) is 0 Å². The highest BCUT2D eigenvalue weighted by atomic mass is 19.1. The van der Waals surface area contributed by atoms with Gasteiger partial charge >= 0.3 is 0 Å². The first kappa shape index (κ1) is 34.6. The molecule has 3 aliphatic rings. The van der Waals surface area contributed by atoms with Crippen LogP contribution in [-0.2, 0) is 11.2 Å². The number of hydrogen-bond acceptors (Lipinski definition) is 5. The lowest BCUT2D eigenvalue weighted by Gasteiger charge is -2.32. The summed E-state index contributed by atoms with van der Waals surface area (Å²) < 4.78 is 16.6. The summed E-state index contributed by atoms with van der Waals surface area (Å²) in [4.78, 5) is 38.9. The molecule has 2 aromatic heterocycles. The van der Waals surface area contributed by atoms with E-state index in [4.69, 9.17) is 0 Å². The Morgan fingerprint density at radius 1 is 1.04 bits per heavy atom. The Morgan fingerprint density at radius 3 is 2.44 bits per heavy atom. The number of amides is 2. The lowest BCUT2D eigenvalue weighted by Crippen LogP contribution is -2.38. The van der Waals surface area contributed by atoms with E-state index in [-0.39, 0.29) is 17.9 Å². The van der Waals surface area contributed by atoms with E-state index in [9.17, 15) is 14.0 Å². The number of hydrogen-bond donors (Lipinski definition) is 0. The van der Waals surface area contributed by atoms with Crippen LogP contribution in [0.1, 0.15) is 75.4 Å². The molecule has 3 fully saturated rings. The molecule has 48 heavy (non-hydrogen) atoms. The van der Waals surface area contributed by atoms with E-state index in [2.05, 4.69) is 46.3 Å². The van der Waals surface area contributed by atoms with E-state index >= 15 is 0 Å². The van der Waals surface area contributed by atoms with Crippen LogP contribution in [0.25, 0.3) is 16.6 Å². The Bertz CT molecular complexity index is 1620. The fraction of sp³-hybridized carbons (Fsp3) is 0.615. The topological polar surface area (TPSA) is 64.9 Å². The molecule has 4 atom stereocenters. The van der Waals surface area contributed by atoms with Gasteiger partial charge in [0, 0.05) is 76.6 Å². The largest absolute Gasteiger partial charge is 0.342 e. The number of aryl methyl sites for hydroxylation is 1. The molecule has 0 N–H and O–H groups in total. The molecule has 3 aliphatic heterocycles. The zero-order chi connectivity index (χ0) is 34.3. The molecule has 0 radical (unpaired) electrons. The molecule has 3 saturated heterocycles. The van der Waals surface area contributed by atoms with E-state index in [1.807, 2.05) is 31.1 Å². The van der Waals surface area contributed by atoms with Gasteiger partial charge in [-0.25, -0.2) is 4.39 Å². The van der Waals surface area contributed by atoms with Crippen molar-refractivity contribution in [1.82, 2.24) is 29.2 Å². The molecule has 2 amide bonds. The molecular formula is C39H55FN6O2. The average Bonchev–Trinajstić information content (AvgIpc) is 3.82. The number of halogens is 1. The van der Waals surface area contributed by atoms with Crippen LogP contribution < -0.4 is 0 Å². The fourth-order valence-electron chi connectivity index (χ4n) is 8.74. The minimum absolute atomic E-state index is 0.00511. The van der Waals surface area contributed by atoms with Crippen LogP contribution in [0.4, 0.5) is 4.39 Å². The van der Waals surface area contributed by atoms with Gasteiger partial charge in [0.1, 0.15) is 5.82 Å². The summed E-state index contributed by atoms with van der Waals surface area (Å²) in [5.74, 6) is 2.05. The van der Waals surface area contributed by atoms with Crippen molar-refractivity contribution in [2.45, 2.75) is 79.3 Å². The zero-order valence-electron chi connectivity index (χ0n) is 30.1. The van der Waals surface area contributed by atoms with Crippen molar-refractivity contribution < 1.29 is 14.0 Å². The first-order chi connectivity index (χ1) is 22.9. The van der Waals surface area contributed by atoms with Gasteiger partial charge in [-0.05, 0) is 113 Å². The number of benzene rings is 1. The number of aromatic nitrogens is 2. The first-order valence-corrected chi connectivity index (χ1v) is 18.1. The smallest absolute Gasteiger partial charge is 0.256 e. The third kappa shape index (κ3) is 7.04. The van der Waals surface area contributed by atoms with Gasteiger partial charge in [0.25, 0.3) is 5.91 Å². The molecule has 6 rings (SSSR count). The Balaban J connectivity index is 1.14. The number of rotatable bonds is 11. The SMILES string of the molecule is CC(=O)N1CC2CN(CCCC(C(C)C)N3CC[C@H](Cc4cn(-c5ccc(F)cc5C(=O)N(C)C(C)C)c5cncc(C)c45)C3)C[C@H]2C1. The predicted octanol–water partition coefficient (Wildman–Crippen LogP) is 6.03. The van der Waals surface area contributed by atoms with E-state index in [0.717, 1.165) is 63.3 Å². The average molecular weight is 659 g/mol. The number of carbonyl (C=O) groups is 2. The molecule has 3 aromatic rings. The van der Waals surface area contributed by atoms with Crippen LogP contribution in [-0.4, -0.2) is 106 Å². The number of carbonyl (C=O) groups excluding carboxylic acids is 2. The minimum atomic E-state index is -0.417. The van der Waals surface area contributed by atoms with Crippen molar-refractivity contribution in [2.24, 2.45) is 23.7 Å². The van der Waals surface area contributed by atoms with Gasteiger partial charge in [0.2, 0.25) is 5.91 Å². The number of fused-ring (bicyclic) bond motifs is 2. The van der Waals surface area contributed by atoms with E-state index in [1.54, 1.807) is 24.9 Å². The molecule has 0 saturated carbocycles. The predicted molar refractivity (Wildman–Crippen MR) is 190 cm³/mol. The third-order valence-electron chi connectivity index (χ3n) is 11.6. The van der Waals surface area contributed by atoms with Crippen molar-refractivity contribution in [2.75, 3.05) is 52.9 Å². The summed E-state index contributed by atoms with van der Waals surface area (Å²) in [7, 11) is 1.77. The Hall–Kier alpha value is -3.30. The van der Waals surface area contributed by atoms with E-state index < -0.39 is 5.82 Å². The second-order valence-corrected chi connectivity index (χ2v) is 15.6. The fourth-order valence-corrected chi connectivity index (χ4v) is 8.74. The number of pyridine rings is 1. The third-order valence-corrected chi connectivity index (χ3v) is 11.6. The summed E-state index contributed by atoms with van der Waals surface area (Å²) in [6.45, 7) is 20.0. The van der Waals surface area contributed by atoms with Crippen LogP contribution in [0.3, 0.4) is 0 Å². The van der Waals surface area contributed by atoms with Gasteiger partial charge in [-0.15, -0.1) is 0 Å². The van der Waals surface area contributed by atoms with Gasteiger partial charge in [-0.2, -0.15) is 0 Å². The van der Waals surface area contributed by atoms with Gasteiger partial charge in [-0.1, -0.05) is 13.8 Å². The Morgan fingerprint density at radius 2 is 1.77 bits per heavy atom. The quantitative estimate of drug-likeness (QED) is 0.252. The van der Waals surface area contributed by atoms with Crippen LogP contribution in [0.5, 0.6) is 0 Å². The van der Waals surface area contributed by atoms with Crippen LogP contribution in [0.15, 0.2) is 36.8 Å². The number of likely N-dealkylation sites (tertiary alicyclic amines) is 3. The van der Waals surface area contributed by atoms with Crippen LogP contribution in [0, 0.1) is 36.4 Å². The zero-order valence-corrected chi connectivity index (χ0v) is 30.1. The van der Waals surface area contributed by atoms with E-state index in [0.29, 0.717) is 41.0 Å². The second kappa shape index (κ2) is 14.3. The minimum Gasteiger partial charge on any atom is -0.342 e. The lowest BCUT2D eigenvalue weighted by atomic mass is 9.96. The monoisotopic (exact) mass is 658 g/mol. The molecular weight excluding hydrogens is 603 g/mol. The molecule has 2 unspecified atom stereocenters. The van der Waals surface area contributed by atoms with Crippen molar-refractivity contribution in [3.05, 3.63) is 59.3 Å². The standard InChI is InChI=1S/C39H55FN6O2/c1-25(2)35(9-8-13-43-20-31-22-45(28(6)47)23-32(31)21-43)44-14-12-29(19-44)15-30-24-46(37-18-41-17-27(5)38(30)37)36-11-10-33(40)16-34(36)39(48)42(7)26(3)4/h10-11,16-18,24-26,29,31-32,35H,8-9,12-15,19-23H2,1-7H3/t29-,31+,32?,35?/m1/s1. The maximum atomic E-state index is 14.5. The Kier molecular flexibility index (Phi) is 10.3. The summed E-state index contributed by atoms with van der Waals surface area (Å²) in [5, 5.41) is 1.19. The summed E-state index contributed by atoms with van der Waals surface area (Å²) >= 11 is 0. The molecule has 8 nitrogen and oxygen atoms in total. The lowest BCUT2D eigenvalue weighted by molar-refractivity contribution is -0.128.